The minimum absolute atomic E-state index is 0.197. The third kappa shape index (κ3) is 2.65. The van der Waals surface area contributed by atoms with E-state index in [0.29, 0.717) is 17.8 Å². The second-order valence-corrected chi connectivity index (χ2v) is 8.02. The predicted octanol–water partition coefficient (Wildman–Crippen LogP) is 2.80. The number of rotatable bonds is 4. The van der Waals surface area contributed by atoms with Crippen molar-refractivity contribution in [2.24, 2.45) is 28.8 Å². The Morgan fingerprint density at radius 2 is 1.65 bits per heavy atom. The van der Waals surface area contributed by atoms with E-state index in [4.69, 9.17) is 0 Å². The molecule has 0 spiro atoms. The molecule has 4 bridgehead atoms. The highest BCUT2D eigenvalue weighted by Gasteiger charge is 2.47. The van der Waals surface area contributed by atoms with Crippen LogP contribution < -0.4 is 4.83 Å². The van der Waals surface area contributed by atoms with E-state index >= 15 is 0 Å². The molecule has 1 aromatic carbocycles. The van der Waals surface area contributed by atoms with Crippen molar-refractivity contribution in [1.82, 2.24) is 4.83 Å². The van der Waals surface area contributed by atoms with E-state index < -0.39 is 10.0 Å². The highest BCUT2D eigenvalue weighted by atomic mass is 32.2. The van der Waals surface area contributed by atoms with Gasteiger partial charge in [0.05, 0.1) is 11.1 Å². The number of hydrogen-bond acceptors (Lipinski definition) is 3. The second kappa shape index (κ2) is 5.20. The van der Waals surface area contributed by atoms with Gasteiger partial charge in [0, 0.05) is 5.92 Å². The van der Waals surface area contributed by atoms with Crippen LogP contribution in [-0.2, 0) is 10.0 Å². The molecule has 5 rings (SSSR count). The molecule has 0 heterocycles. The third-order valence-electron chi connectivity index (χ3n) is 4.76. The molecule has 4 nitrogen and oxygen atoms in total. The number of sulfonamides is 1. The molecule has 2 unspecified atom stereocenters. The fraction of sp³-hybridized carbons (Fsp3) is 0.278. The first-order chi connectivity index (χ1) is 11.0. The van der Waals surface area contributed by atoms with Gasteiger partial charge in [-0.1, -0.05) is 48.1 Å². The van der Waals surface area contributed by atoms with Gasteiger partial charge in [-0.15, -0.1) is 0 Å². The lowest BCUT2D eigenvalue weighted by molar-refractivity contribution is 0.584. The quantitative estimate of drug-likeness (QED) is 0.525. The van der Waals surface area contributed by atoms with Gasteiger partial charge in [0.15, 0.2) is 0 Å². The maximum absolute atomic E-state index is 12.2. The number of aryl methyl sites for hydroxylation is 1. The summed E-state index contributed by atoms with van der Waals surface area (Å²) in [6, 6.07) is 6.71. The molecule has 0 radical (unpaired) electrons. The zero-order valence-corrected chi connectivity index (χ0v) is 13.6. The summed E-state index contributed by atoms with van der Waals surface area (Å²) in [4.78, 5) is 2.52. The largest absolute Gasteiger partial charge is 0.276 e. The van der Waals surface area contributed by atoms with E-state index in [0.717, 1.165) is 11.1 Å². The molecule has 1 fully saturated rings. The summed E-state index contributed by atoms with van der Waals surface area (Å²) < 4.78 is 24.4. The summed E-state index contributed by atoms with van der Waals surface area (Å²) in [6.45, 7) is 1.92. The molecule has 4 atom stereocenters. The summed E-state index contributed by atoms with van der Waals surface area (Å²) >= 11 is 0. The van der Waals surface area contributed by atoms with E-state index in [9.17, 15) is 8.42 Å². The highest BCUT2D eigenvalue weighted by molar-refractivity contribution is 7.89. The molecule has 1 saturated carbocycles. The lowest BCUT2D eigenvalue weighted by atomic mass is 10.0. The van der Waals surface area contributed by atoms with Crippen LogP contribution in [0.4, 0.5) is 0 Å². The Morgan fingerprint density at radius 3 is 2.30 bits per heavy atom. The first-order valence-corrected chi connectivity index (χ1v) is 9.23. The average molecular weight is 326 g/mol. The normalized spacial score (nSPS) is 30.9. The number of benzene rings is 1. The standard InChI is InChI=1S/C18H18N2O2S/c1-12-2-6-15(7-3-12)23(21,22)20-19-11-14-10-18-16-8-4-13(14)5-9-17(16)18/h2-11,13,16-18,20H,1H3/t13?,16-,17+,18?. The van der Waals surface area contributed by atoms with Crippen molar-refractivity contribution in [3.8, 4) is 0 Å². The maximum Gasteiger partial charge on any atom is 0.276 e. The van der Waals surface area contributed by atoms with Gasteiger partial charge in [0.1, 0.15) is 0 Å². The molecular weight excluding hydrogens is 308 g/mol. The Balaban J connectivity index is 1.51. The van der Waals surface area contributed by atoms with Crippen LogP contribution in [-0.4, -0.2) is 14.6 Å². The van der Waals surface area contributed by atoms with Crippen LogP contribution >= 0.6 is 0 Å². The maximum atomic E-state index is 12.2. The Labute approximate surface area is 136 Å². The zero-order valence-electron chi connectivity index (χ0n) is 12.8. The number of nitrogens with one attached hydrogen (secondary N) is 1. The summed E-state index contributed by atoms with van der Waals surface area (Å²) in [5.74, 6) is 1.98. The van der Waals surface area contributed by atoms with Gasteiger partial charge in [0.2, 0.25) is 0 Å². The molecular formula is C18H18N2O2S. The lowest BCUT2D eigenvalue weighted by Gasteiger charge is -2.07. The van der Waals surface area contributed by atoms with Gasteiger partial charge < -0.3 is 0 Å². The molecule has 1 N–H and O–H groups in total. The summed E-state index contributed by atoms with van der Waals surface area (Å²) in [6.07, 6.45) is 12.8. The fourth-order valence-electron chi connectivity index (χ4n) is 3.31. The average Bonchev–Trinajstić information content (AvgIpc) is 3.25. The van der Waals surface area contributed by atoms with Gasteiger partial charge in [-0.2, -0.15) is 13.5 Å². The molecule has 5 heteroatoms. The van der Waals surface area contributed by atoms with Crippen molar-refractivity contribution < 1.29 is 8.42 Å². The lowest BCUT2D eigenvalue weighted by Crippen LogP contribution is -2.18. The van der Waals surface area contributed by atoms with Crippen LogP contribution in [0.1, 0.15) is 5.56 Å². The first-order valence-electron chi connectivity index (χ1n) is 7.74. The van der Waals surface area contributed by atoms with Gasteiger partial charge in [-0.25, -0.2) is 4.83 Å². The summed E-state index contributed by atoms with van der Waals surface area (Å²) in [7, 11) is -3.62. The smallest absolute Gasteiger partial charge is 0.200 e. The van der Waals surface area contributed by atoms with Crippen LogP contribution in [0.25, 0.3) is 0 Å². The number of hydrogen-bond donors (Lipinski definition) is 1. The number of allylic oxidation sites excluding steroid dienone is 6. The molecule has 118 valence electrons. The SMILES string of the molecule is Cc1ccc(S(=O)(=O)NN=CC2=CC3[C@H]4C=CC2C=C[C@@H]34)cc1. The van der Waals surface area contributed by atoms with Gasteiger partial charge in [-0.3, -0.25) is 0 Å². The summed E-state index contributed by atoms with van der Waals surface area (Å²) in [5.41, 5.74) is 2.07. The van der Waals surface area contributed by atoms with Crippen molar-refractivity contribution in [1.29, 1.82) is 0 Å². The zero-order chi connectivity index (χ0) is 16.0. The van der Waals surface area contributed by atoms with Crippen molar-refractivity contribution in [3.05, 3.63) is 65.8 Å². The van der Waals surface area contributed by atoms with Crippen molar-refractivity contribution in [2.75, 3.05) is 0 Å². The Kier molecular flexibility index (Phi) is 3.27. The fourth-order valence-corrected chi connectivity index (χ4v) is 4.10. The van der Waals surface area contributed by atoms with Crippen LogP contribution in [0.2, 0.25) is 0 Å². The van der Waals surface area contributed by atoms with Crippen molar-refractivity contribution in [3.63, 3.8) is 0 Å². The van der Waals surface area contributed by atoms with E-state index in [1.807, 2.05) is 6.92 Å². The molecule has 0 saturated heterocycles. The number of hydrazone groups is 1. The predicted molar refractivity (Wildman–Crippen MR) is 90.3 cm³/mol. The molecule has 4 aliphatic carbocycles. The topological polar surface area (TPSA) is 58.5 Å². The van der Waals surface area contributed by atoms with E-state index in [1.165, 1.54) is 0 Å². The first kappa shape index (κ1) is 14.5. The minimum Gasteiger partial charge on any atom is -0.200 e. The molecule has 1 aromatic rings. The van der Waals surface area contributed by atoms with Crippen LogP contribution in [0.5, 0.6) is 0 Å². The molecule has 4 aliphatic rings. The molecule has 23 heavy (non-hydrogen) atoms. The van der Waals surface area contributed by atoms with E-state index in [1.54, 1.807) is 30.5 Å². The van der Waals surface area contributed by atoms with Gasteiger partial charge in [0.25, 0.3) is 10.0 Å². The Morgan fingerprint density at radius 1 is 1.00 bits per heavy atom. The van der Waals surface area contributed by atoms with Crippen LogP contribution in [0, 0.1) is 30.6 Å². The highest BCUT2D eigenvalue weighted by Crippen LogP contribution is 2.53. The number of nitrogens with zero attached hydrogens (tertiary/aromatic N) is 1. The van der Waals surface area contributed by atoms with Crippen molar-refractivity contribution >= 4 is 16.2 Å². The van der Waals surface area contributed by atoms with Crippen molar-refractivity contribution in [2.45, 2.75) is 11.8 Å². The minimum atomic E-state index is -3.62. The molecule has 0 aliphatic heterocycles. The summed E-state index contributed by atoms with van der Waals surface area (Å²) in [5, 5.41) is 3.98. The monoisotopic (exact) mass is 326 g/mol. The second-order valence-electron chi connectivity index (χ2n) is 6.36. The van der Waals surface area contributed by atoms with E-state index in [-0.39, 0.29) is 10.8 Å². The molecule has 0 aromatic heterocycles. The van der Waals surface area contributed by atoms with Crippen LogP contribution in [0.3, 0.4) is 0 Å². The third-order valence-corrected chi connectivity index (χ3v) is 6.00. The van der Waals surface area contributed by atoms with Crippen LogP contribution in [0.15, 0.2) is 70.2 Å². The van der Waals surface area contributed by atoms with Gasteiger partial charge >= 0.3 is 0 Å². The Hall–Kier alpha value is -2.14. The molecule has 0 amide bonds. The van der Waals surface area contributed by atoms with E-state index in [2.05, 4.69) is 40.3 Å². The Bertz CT molecular complexity index is 828. The van der Waals surface area contributed by atoms with Gasteiger partial charge in [-0.05, 0) is 42.4 Å².